The van der Waals surface area contributed by atoms with Crippen LogP contribution >= 0.6 is 0 Å². The second kappa shape index (κ2) is 7.22. The van der Waals surface area contributed by atoms with Crippen LogP contribution < -0.4 is 14.8 Å². The van der Waals surface area contributed by atoms with Crippen molar-refractivity contribution in [2.24, 2.45) is 0 Å². The van der Waals surface area contributed by atoms with Crippen LogP contribution in [0.25, 0.3) is 5.69 Å². The van der Waals surface area contributed by atoms with Crippen LogP contribution in [0.4, 0.5) is 10.1 Å². The fourth-order valence-corrected chi connectivity index (χ4v) is 2.47. The van der Waals surface area contributed by atoms with Gasteiger partial charge in [0.15, 0.2) is 17.2 Å². The molecule has 0 unspecified atom stereocenters. The zero-order chi connectivity index (χ0) is 18.7. The maximum atomic E-state index is 13.1. The highest BCUT2D eigenvalue weighted by atomic mass is 19.1. The Morgan fingerprint density at radius 1 is 1.08 bits per heavy atom. The summed E-state index contributed by atoms with van der Waals surface area (Å²) in [6.45, 7) is 1.72. The molecule has 2 aromatic carbocycles. The van der Waals surface area contributed by atoms with E-state index in [0.717, 1.165) is 0 Å². The normalized spacial score (nSPS) is 10.5. The zero-order valence-electron chi connectivity index (χ0n) is 14.5. The molecule has 0 atom stereocenters. The lowest BCUT2D eigenvalue weighted by Crippen LogP contribution is -2.14. The molecule has 0 aliphatic rings. The van der Waals surface area contributed by atoms with Gasteiger partial charge < -0.3 is 14.8 Å². The first-order valence-electron chi connectivity index (χ1n) is 7.75. The molecule has 0 spiro atoms. The number of methoxy groups -OCH3 is 2. The van der Waals surface area contributed by atoms with Crippen molar-refractivity contribution in [1.82, 2.24) is 15.0 Å². The fraction of sp³-hybridized carbons (Fsp3) is 0.167. The van der Waals surface area contributed by atoms with Gasteiger partial charge in [-0.15, -0.1) is 5.10 Å². The molecule has 3 aromatic rings. The lowest BCUT2D eigenvalue weighted by molar-refractivity contribution is 0.102. The molecule has 1 N–H and O–H groups in total. The summed E-state index contributed by atoms with van der Waals surface area (Å²) in [6, 6.07) is 10.8. The minimum absolute atomic E-state index is 0.170. The monoisotopic (exact) mass is 356 g/mol. The third-order valence-corrected chi connectivity index (χ3v) is 3.82. The number of carbonyl (C=O) groups is 1. The highest BCUT2D eigenvalue weighted by molar-refractivity contribution is 6.03. The summed E-state index contributed by atoms with van der Waals surface area (Å²) < 4.78 is 24.9. The van der Waals surface area contributed by atoms with E-state index in [0.29, 0.717) is 28.6 Å². The Kier molecular flexibility index (Phi) is 4.83. The highest BCUT2D eigenvalue weighted by Gasteiger charge is 2.18. The van der Waals surface area contributed by atoms with Crippen molar-refractivity contribution in [1.29, 1.82) is 0 Å². The second-order valence-corrected chi connectivity index (χ2v) is 5.44. The molecule has 3 rings (SSSR count). The van der Waals surface area contributed by atoms with E-state index in [9.17, 15) is 9.18 Å². The number of nitrogens with one attached hydrogen (secondary N) is 1. The van der Waals surface area contributed by atoms with Gasteiger partial charge in [0.05, 0.1) is 25.6 Å². The minimum Gasteiger partial charge on any atom is -0.493 e. The Bertz CT molecular complexity index is 938. The predicted octanol–water partition coefficient (Wildman–Crippen LogP) is 2.98. The molecule has 0 aliphatic carbocycles. The highest BCUT2D eigenvalue weighted by Crippen LogP contribution is 2.30. The lowest BCUT2D eigenvalue weighted by atomic mass is 10.2. The van der Waals surface area contributed by atoms with Crippen molar-refractivity contribution in [3.8, 4) is 17.2 Å². The number of halogens is 1. The number of benzene rings is 2. The van der Waals surface area contributed by atoms with Crippen LogP contribution in [0.5, 0.6) is 11.5 Å². The maximum absolute atomic E-state index is 13.1. The number of hydrogen-bond acceptors (Lipinski definition) is 5. The van der Waals surface area contributed by atoms with Gasteiger partial charge in [0.25, 0.3) is 5.91 Å². The molecule has 8 heteroatoms. The van der Waals surface area contributed by atoms with Gasteiger partial charge in [-0.05, 0) is 43.3 Å². The largest absolute Gasteiger partial charge is 0.493 e. The van der Waals surface area contributed by atoms with E-state index < -0.39 is 5.91 Å². The summed E-state index contributed by atoms with van der Waals surface area (Å²) >= 11 is 0. The SMILES string of the molecule is COc1ccc(NC(=O)c2nnn(-c3ccc(F)cc3)c2C)cc1OC. The van der Waals surface area contributed by atoms with Gasteiger partial charge >= 0.3 is 0 Å². The number of hydrogen-bond donors (Lipinski definition) is 1. The molecular weight excluding hydrogens is 339 g/mol. The van der Waals surface area contributed by atoms with Crippen LogP contribution in [0.1, 0.15) is 16.2 Å². The molecule has 0 bridgehead atoms. The molecule has 26 heavy (non-hydrogen) atoms. The zero-order valence-corrected chi connectivity index (χ0v) is 14.5. The first-order valence-corrected chi connectivity index (χ1v) is 7.75. The summed E-state index contributed by atoms with van der Waals surface area (Å²) in [5.41, 5.74) is 1.85. The van der Waals surface area contributed by atoms with E-state index in [1.54, 1.807) is 37.3 Å². The molecule has 0 radical (unpaired) electrons. The van der Waals surface area contributed by atoms with E-state index in [4.69, 9.17) is 9.47 Å². The summed E-state index contributed by atoms with van der Waals surface area (Å²) in [4.78, 5) is 12.5. The van der Waals surface area contributed by atoms with Crippen LogP contribution in [0.3, 0.4) is 0 Å². The fourth-order valence-electron chi connectivity index (χ4n) is 2.47. The van der Waals surface area contributed by atoms with Crippen LogP contribution in [-0.4, -0.2) is 35.1 Å². The van der Waals surface area contributed by atoms with Crippen molar-refractivity contribution in [2.45, 2.75) is 6.92 Å². The predicted molar refractivity (Wildman–Crippen MR) is 93.6 cm³/mol. The van der Waals surface area contributed by atoms with Crippen molar-refractivity contribution >= 4 is 11.6 Å². The third kappa shape index (κ3) is 3.34. The molecule has 1 heterocycles. The lowest BCUT2D eigenvalue weighted by Gasteiger charge is -2.10. The van der Waals surface area contributed by atoms with Crippen LogP contribution in [0, 0.1) is 12.7 Å². The standard InChI is InChI=1S/C18H17FN4O3/c1-11-17(21-22-23(11)14-7-4-12(19)5-8-14)18(24)20-13-6-9-15(25-2)16(10-13)26-3/h4-10H,1-3H3,(H,20,24). The second-order valence-electron chi connectivity index (χ2n) is 5.44. The van der Waals surface area contributed by atoms with Gasteiger partial charge in [-0.25, -0.2) is 9.07 Å². The molecule has 0 saturated carbocycles. The average molecular weight is 356 g/mol. The quantitative estimate of drug-likeness (QED) is 0.760. The first kappa shape index (κ1) is 17.4. The van der Waals surface area contributed by atoms with Crippen LogP contribution in [-0.2, 0) is 0 Å². The molecular formula is C18H17FN4O3. The van der Waals surface area contributed by atoms with Gasteiger partial charge in [0, 0.05) is 11.8 Å². The number of amides is 1. The van der Waals surface area contributed by atoms with Crippen molar-refractivity contribution in [3.05, 3.63) is 59.7 Å². The van der Waals surface area contributed by atoms with Crippen molar-refractivity contribution in [2.75, 3.05) is 19.5 Å². The molecule has 0 fully saturated rings. The Balaban J connectivity index is 1.84. The van der Waals surface area contributed by atoms with Gasteiger partial charge in [-0.3, -0.25) is 4.79 Å². The number of carbonyl (C=O) groups excluding carboxylic acids is 1. The minimum atomic E-state index is -0.414. The number of aromatic nitrogens is 3. The Morgan fingerprint density at radius 3 is 2.42 bits per heavy atom. The summed E-state index contributed by atoms with van der Waals surface area (Å²) in [7, 11) is 3.05. The number of anilines is 1. The summed E-state index contributed by atoms with van der Waals surface area (Å²) in [5, 5.41) is 10.7. The van der Waals surface area contributed by atoms with Gasteiger partial charge in [0.1, 0.15) is 5.82 Å². The number of nitrogens with zero attached hydrogens (tertiary/aromatic N) is 3. The summed E-state index contributed by atoms with van der Waals surface area (Å²) in [6.07, 6.45) is 0. The Morgan fingerprint density at radius 2 is 1.77 bits per heavy atom. The van der Waals surface area contributed by atoms with Crippen molar-refractivity contribution in [3.63, 3.8) is 0 Å². The maximum Gasteiger partial charge on any atom is 0.278 e. The van der Waals surface area contributed by atoms with Gasteiger partial charge in [0.2, 0.25) is 0 Å². The Hall–Kier alpha value is -3.42. The average Bonchev–Trinajstić information content (AvgIpc) is 3.03. The third-order valence-electron chi connectivity index (χ3n) is 3.82. The Labute approximate surface area is 149 Å². The van der Waals surface area contributed by atoms with E-state index >= 15 is 0 Å². The summed E-state index contributed by atoms with van der Waals surface area (Å²) in [5.74, 6) is 0.293. The molecule has 7 nitrogen and oxygen atoms in total. The van der Waals surface area contributed by atoms with E-state index in [-0.39, 0.29) is 11.5 Å². The van der Waals surface area contributed by atoms with Gasteiger partial charge in [-0.2, -0.15) is 0 Å². The molecule has 134 valence electrons. The number of ether oxygens (including phenoxy) is 2. The van der Waals surface area contributed by atoms with E-state index in [1.165, 1.54) is 31.0 Å². The smallest absolute Gasteiger partial charge is 0.278 e. The van der Waals surface area contributed by atoms with Crippen LogP contribution in [0.2, 0.25) is 0 Å². The van der Waals surface area contributed by atoms with Gasteiger partial charge in [-0.1, -0.05) is 5.21 Å². The van der Waals surface area contributed by atoms with E-state index in [1.807, 2.05) is 0 Å². The van der Waals surface area contributed by atoms with Crippen LogP contribution in [0.15, 0.2) is 42.5 Å². The molecule has 0 saturated heterocycles. The van der Waals surface area contributed by atoms with E-state index in [2.05, 4.69) is 15.6 Å². The van der Waals surface area contributed by atoms with Crippen molar-refractivity contribution < 1.29 is 18.7 Å². The topological polar surface area (TPSA) is 78.3 Å². The molecule has 1 amide bonds. The number of rotatable bonds is 5. The molecule has 0 aliphatic heterocycles. The molecule has 1 aromatic heterocycles. The first-order chi connectivity index (χ1) is 12.5.